The van der Waals surface area contributed by atoms with E-state index in [2.05, 4.69) is 9.46 Å². The Morgan fingerprint density at radius 1 is 1.13 bits per heavy atom. The van der Waals surface area contributed by atoms with Crippen molar-refractivity contribution in [3.05, 3.63) is 35.4 Å². The van der Waals surface area contributed by atoms with Crippen LogP contribution in [-0.4, -0.2) is 38.3 Å². The third kappa shape index (κ3) is 7.75. The van der Waals surface area contributed by atoms with Crippen LogP contribution in [0.25, 0.3) is 0 Å². The number of unbranched alkanes of at least 4 members (excludes halogenated alkanes) is 2. The van der Waals surface area contributed by atoms with Crippen molar-refractivity contribution in [3.8, 4) is 0 Å². The summed E-state index contributed by atoms with van der Waals surface area (Å²) >= 11 is 0. The number of hydrogen-bond donors (Lipinski definition) is 2. The zero-order valence-electron chi connectivity index (χ0n) is 12.9. The van der Waals surface area contributed by atoms with Crippen molar-refractivity contribution in [2.24, 2.45) is 0 Å². The second-order valence-electron chi connectivity index (χ2n) is 5.03. The van der Waals surface area contributed by atoms with Crippen molar-refractivity contribution in [1.82, 2.24) is 4.72 Å². The Morgan fingerprint density at radius 2 is 1.78 bits per heavy atom. The Hall–Kier alpha value is -1.93. The molecule has 1 aromatic carbocycles. The van der Waals surface area contributed by atoms with Gasteiger partial charge in [0, 0.05) is 13.0 Å². The highest BCUT2D eigenvalue weighted by atomic mass is 32.2. The molecule has 0 atom stereocenters. The van der Waals surface area contributed by atoms with Gasteiger partial charge in [-0.05, 0) is 30.5 Å². The van der Waals surface area contributed by atoms with E-state index >= 15 is 0 Å². The highest BCUT2D eigenvalue weighted by Crippen LogP contribution is 2.06. The van der Waals surface area contributed by atoms with Crippen molar-refractivity contribution < 1.29 is 27.9 Å². The third-order valence-electron chi connectivity index (χ3n) is 3.22. The molecule has 0 fully saturated rings. The minimum atomic E-state index is -3.40. The van der Waals surface area contributed by atoms with Crippen LogP contribution in [0.3, 0.4) is 0 Å². The van der Waals surface area contributed by atoms with Gasteiger partial charge in [0.2, 0.25) is 10.0 Å². The van der Waals surface area contributed by atoms with E-state index in [0.29, 0.717) is 31.2 Å². The Morgan fingerprint density at radius 3 is 2.35 bits per heavy atom. The van der Waals surface area contributed by atoms with E-state index in [1.165, 1.54) is 19.2 Å². The van der Waals surface area contributed by atoms with Crippen molar-refractivity contribution >= 4 is 22.0 Å². The average molecular weight is 343 g/mol. The van der Waals surface area contributed by atoms with Gasteiger partial charge in [-0.3, -0.25) is 4.79 Å². The standard InChI is InChI=1S/C15H21NO6S/c1-22-14(17)5-3-2-4-10-23(20,21)16-11-12-6-8-13(9-7-12)15(18)19/h6-9,16H,2-5,10-11H2,1H3,(H,18,19). The van der Waals surface area contributed by atoms with E-state index in [1.54, 1.807) is 12.1 Å². The number of carboxylic acids is 1. The molecule has 0 aliphatic carbocycles. The summed E-state index contributed by atoms with van der Waals surface area (Å²) in [7, 11) is -2.08. The van der Waals surface area contributed by atoms with Crippen LogP contribution in [0.1, 0.15) is 41.6 Å². The second-order valence-corrected chi connectivity index (χ2v) is 6.96. The Labute approximate surface area is 135 Å². The van der Waals surface area contributed by atoms with Crippen LogP contribution in [0.15, 0.2) is 24.3 Å². The first-order valence-corrected chi connectivity index (χ1v) is 8.85. The van der Waals surface area contributed by atoms with E-state index in [-0.39, 0.29) is 23.8 Å². The van der Waals surface area contributed by atoms with Gasteiger partial charge in [-0.1, -0.05) is 18.6 Å². The average Bonchev–Trinajstić information content (AvgIpc) is 2.52. The number of carboxylic acid groups (broad SMARTS) is 1. The molecule has 0 saturated heterocycles. The summed E-state index contributed by atoms with van der Waals surface area (Å²) in [6.45, 7) is 0.115. The number of carbonyl (C=O) groups excluding carboxylic acids is 1. The molecule has 0 aliphatic rings. The molecule has 0 amide bonds. The predicted molar refractivity (Wildman–Crippen MR) is 84.5 cm³/mol. The minimum absolute atomic E-state index is 0.0125. The Kier molecular flexibility index (Phi) is 7.70. The van der Waals surface area contributed by atoms with Gasteiger partial charge in [0.05, 0.1) is 18.4 Å². The number of rotatable bonds is 10. The summed E-state index contributed by atoms with van der Waals surface area (Å²) < 4.78 is 30.6. The Bertz CT molecular complexity index is 624. The van der Waals surface area contributed by atoms with Crippen LogP contribution < -0.4 is 4.72 Å². The minimum Gasteiger partial charge on any atom is -0.478 e. The van der Waals surface area contributed by atoms with Crippen molar-refractivity contribution in [2.45, 2.75) is 32.2 Å². The van der Waals surface area contributed by atoms with Crippen molar-refractivity contribution in [2.75, 3.05) is 12.9 Å². The normalized spacial score (nSPS) is 11.2. The first kappa shape index (κ1) is 19.1. The molecule has 8 heteroatoms. The number of carbonyl (C=O) groups is 2. The highest BCUT2D eigenvalue weighted by molar-refractivity contribution is 7.89. The van der Waals surface area contributed by atoms with Crippen LogP contribution in [-0.2, 0) is 26.1 Å². The highest BCUT2D eigenvalue weighted by Gasteiger charge is 2.10. The second kappa shape index (κ2) is 9.26. The van der Waals surface area contributed by atoms with Crippen LogP contribution in [0, 0.1) is 0 Å². The molecule has 0 bridgehead atoms. The smallest absolute Gasteiger partial charge is 0.335 e. The number of sulfonamides is 1. The van der Waals surface area contributed by atoms with Crippen LogP contribution in [0.2, 0.25) is 0 Å². The van der Waals surface area contributed by atoms with E-state index in [4.69, 9.17) is 5.11 Å². The fourth-order valence-corrected chi connectivity index (χ4v) is 2.99. The number of esters is 1. The quantitative estimate of drug-likeness (QED) is 0.492. The molecule has 128 valence electrons. The molecule has 1 rings (SSSR count). The summed E-state index contributed by atoms with van der Waals surface area (Å²) in [6.07, 6.45) is 1.98. The largest absolute Gasteiger partial charge is 0.478 e. The number of hydrogen-bond acceptors (Lipinski definition) is 5. The van der Waals surface area contributed by atoms with Gasteiger partial charge in [0.25, 0.3) is 0 Å². The number of aromatic carboxylic acids is 1. The summed E-state index contributed by atoms with van der Waals surface area (Å²) in [5.41, 5.74) is 0.839. The van der Waals surface area contributed by atoms with E-state index in [9.17, 15) is 18.0 Å². The monoisotopic (exact) mass is 343 g/mol. The first-order valence-electron chi connectivity index (χ1n) is 7.20. The van der Waals surface area contributed by atoms with Gasteiger partial charge in [0.1, 0.15) is 0 Å². The molecular formula is C15H21NO6S. The van der Waals surface area contributed by atoms with Crippen LogP contribution in [0.5, 0.6) is 0 Å². The molecular weight excluding hydrogens is 322 g/mol. The van der Waals surface area contributed by atoms with Gasteiger partial charge in [0.15, 0.2) is 0 Å². The molecule has 2 N–H and O–H groups in total. The molecule has 23 heavy (non-hydrogen) atoms. The predicted octanol–water partition coefficient (Wildman–Crippen LogP) is 1.54. The van der Waals surface area contributed by atoms with E-state index < -0.39 is 16.0 Å². The number of benzene rings is 1. The van der Waals surface area contributed by atoms with Gasteiger partial charge in [-0.15, -0.1) is 0 Å². The first-order chi connectivity index (χ1) is 10.8. The van der Waals surface area contributed by atoms with E-state index in [0.717, 1.165) is 0 Å². The lowest BCUT2D eigenvalue weighted by atomic mass is 10.1. The van der Waals surface area contributed by atoms with Crippen molar-refractivity contribution in [3.63, 3.8) is 0 Å². The van der Waals surface area contributed by atoms with Crippen LogP contribution >= 0.6 is 0 Å². The number of ether oxygens (including phenoxy) is 1. The number of methoxy groups -OCH3 is 1. The molecule has 0 aromatic heterocycles. The number of nitrogens with one attached hydrogen (secondary N) is 1. The lowest BCUT2D eigenvalue weighted by Crippen LogP contribution is -2.26. The molecule has 0 heterocycles. The summed E-state index contributed by atoms with van der Waals surface area (Å²) in [4.78, 5) is 21.6. The summed E-state index contributed by atoms with van der Waals surface area (Å²) in [5.74, 6) is -1.33. The maximum atomic E-state index is 11.8. The third-order valence-corrected chi connectivity index (χ3v) is 4.63. The molecule has 7 nitrogen and oxygen atoms in total. The lowest BCUT2D eigenvalue weighted by Gasteiger charge is -2.07. The van der Waals surface area contributed by atoms with Gasteiger partial charge in [-0.25, -0.2) is 17.9 Å². The lowest BCUT2D eigenvalue weighted by molar-refractivity contribution is -0.140. The summed E-state index contributed by atoms with van der Waals surface area (Å²) in [5, 5.41) is 8.79. The SMILES string of the molecule is COC(=O)CCCCCS(=O)(=O)NCc1ccc(C(=O)O)cc1. The van der Waals surface area contributed by atoms with Crippen LogP contribution in [0.4, 0.5) is 0 Å². The Balaban J connectivity index is 2.32. The zero-order chi connectivity index (χ0) is 17.3. The fraction of sp³-hybridized carbons (Fsp3) is 0.467. The zero-order valence-corrected chi connectivity index (χ0v) is 13.8. The molecule has 0 saturated carbocycles. The fourth-order valence-electron chi connectivity index (χ4n) is 1.87. The molecule has 0 radical (unpaired) electrons. The topological polar surface area (TPSA) is 110 Å². The van der Waals surface area contributed by atoms with E-state index in [1.807, 2.05) is 0 Å². The van der Waals surface area contributed by atoms with Gasteiger partial charge >= 0.3 is 11.9 Å². The molecule has 0 unspecified atom stereocenters. The molecule has 0 aliphatic heterocycles. The van der Waals surface area contributed by atoms with Gasteiger partial charge < -0.3 is 9.84 Å². The molecule has 0 spiro atoms. The summed E-state index contributed by atoms with van der Waals surface area (Å²) in [6, 6.07) is 6.00. The molecule has 1 aromatic rings. The van der Waals surface area contributed by atoms with Gasteiger partial charge in [-0.2, -0.15) is 0 Å². The maximum Gasteiger partial charge on any atom is 0.335 e. The van der Waals surface area contributed by atoms with Crippen molar-refractivity contribution in [1.29, 1.82) is 0 Å². The maximum absolute atomic E-state index is 11.8.